The Balaban J connectivity index is 2.05. The topological polar surface area (TPSA) is 12.0 Å². The first-order valence-corrected chi connectivity index (χ1v) is 6.74. The maximum atomic E-state index is 3.69. The molecule has 1 nitrogen and oxygen atoms in total. The summed E-state index contributed by atoms with van der Waals surface area (Å²) in [5, 5.41) is 4.51. The number of hydrogen-bond acceptors (Lipinski definition) is 2. The van der Waals surface area contributed by atoms with Gasteiger partial charge in [0.25, 0.3) is 0 Å². The minimum Gasteiger partial charge on any atom is -0.313 e. The molecule has 1 aliphatic heterocycles. The van der Waals surface area contributed by atoms with Crippen molar-refractivity contribution in [2.45, 2.75) is 57.2 Å². The number of unbranched alkanes of at least 4 members (excludes halogenated alkanes) is 2. The van der Waals surface area contributed by atoms with Gasteiger partial charge in [0, 0.05) is 11.3 Å². The van der Waals surface area contributed by atoms with E-state index in [1.54, 1.807) is 0 Å². The molecule has 1 heterocycles. The third kappa shape index (κ3) is 4.37. The Morgan fingerprint density at radius 3 is 2.92 bits per heavy atom. The Hall–Kier alpha value is 0.310. The summed E-state index contributed by atoms with van der Waals surface area (Å²) < 4.78 is 0. The van der Waals surface area contributed by atoms with Crippen molar-refractivity contribution in [2.24, 2.45) is 0 Å². The molecular formula is C11H23NS. The Kier molecular flexibility index (Phi) is 5.88. The molecule has 0 aliphatic carbocycles. The van der Waals surface area contributed by atoms with E-state index in [1.807, 2.05) is 0 Å². The van der Waals surface area contributed by atoms with Crippen molar-refractivity contribution >= 4 is 11.8 Å². The third-order valence-electron chi connectivity index (χ3n) is 2.79. The van der Waals surface area contributed by atoms with Gasteiger partial charge >= 0.3 is 0 Å². The normalized spacial score (nSPS) is 29.1. The smallest absolute Gasteiger partial charge is 0.0184 e. The summed E-state index contributed by atoms with van der Waals surface area (Å²) in [5.41, 5.74) is 0. The van der Waals surface area contributed by atoms with E-state index in [1.165, 1.54) is 44.4 Å². The molecule has 2 unspecified atom stereocenters. The molecule has 0 aromatic rings. The van der Waals surface area contributed by atoms with Gasteiger partial charge in [-0.2, -0.15) is 11.8 Å². The highest BCUT2D eigenvalue weighted by Gasteiger charge is 2.20. The summed E-state index contributed by atoms with van der Waals surface area (Å²) in [6.45, 7) is 5.85. The lowest BCUT2D eigenvalue weighted by molar-refractivity contribution is 0.454. The fourth-order valence-electron chi connectivity index (χ4n) is 1.85. The minimum atomic E-state index is 0.788. The van der Waals surface area contributed by atoms with E-state index in [9.17, 15) is 0 Å². The molecule has 1 saturated heterocycles. The molecule has 13 heavy (non-hydrogen) atoms. The van der Waals surface area contributed by atoms with Crippen molar-refractivity contribution in [3.05, 3.63) is 0 Å². The van der Waals surface area contributed by atoms with Gasteiger partial charge in [-0.05, 0) is 31.6 Å². The molecule has 0 saturated carbocycles. The number of nitrogens with one attached hydrogen (secondary N) is 1. The molecule has 0 amide bonds. The van der Waals surface area contributed by atoms with Crippen LogP contribution in [0.3, 0.4) is 0 Å². The standard InChI is InChI=1S/C11H23NS/c1-3-4-5-8-12-11-7-6-9-13-10(11)2/h10-12H,3-9H2,1-2H3. The second-order valence-electron chi connectivity index (χ2n) is 3.99. The number of thioether (sulfide) groups is 1. The quantitative estimate of drug-likeness (QED) is 0.686. The van der Waals surface area contributed by atoms with Gasteiger partial charge in [-0.15, -0.1) is 0 Å². The fraction of sp³-hybridized carbons (Fsp3) is 1.00. The Morgan fingerprint density at radius 2 is 2.23 bits per heavy atom. The Morgan fingerprint density at radius 1 is 1.38 bits per heavy atom. The van der Waals surface area contributed by atoms with E-state index < -0.39 is 0 Å². The second kappa shape index (κ2) is 6.72. The van der Waals surface area contributed by atoms with E-state index in [4.69, 9.17) is 0 Å². The van der Waals surface area contributed by atoms with Gasteiger partial charge < -0.3 is 5.32 Å². The lowest BCUT2D eigenvalue weighted by atomic mass is 10.1. The van der Waals surface area contributed by atoms with Crippen LogP contribution in [0.25, 0.3) is 0 Å². The lowest BCUT2D eigenvalue weighted by Gasteiger charge is -2.29. The molecule has 0 bridgehead atoms. The Labute approximate surface area is 87.1 Å². The van der Waals surface area contributed by atoms with Crippen LogP contribution in [0.1, 0.15) is 46.0 Å². The summed E-state index contributed by atoms with van der Waals surface area (Å²) in [4.78, 5) is 0. The van der Waals surface area contributed by atoms with Crippen molar-refractivity contribution in [2.75, 3.05) is 12.3 Å². The van der Waals surface area contributed by atoms with Crippen molar-refractivity contribution in [1.29, 1.82) is 0 Å². The molecular weight excluding hydrogens is 178 g/mol. The SMILES string of the molecule is CCCCCNC1CCCSC1C. The maximum Gasteiger partial charge on any atom is 0.0184 e. The van der Waals surface area contributed by atoms with Crippen molar-refractivity contribution in [3.63, 3.8) is 0 Å². The van der Waals surface area contributed by atoms with Crippen LogP contribution in [-0.2, 0) is 0 Å². The Bertz CT molecular complexity index is 127. The zero-order chi connectivity index (χ0) is 9.52. The molecule has 0 aromatic heterocycles. The predicted molar refractivity (Wildman–Crippen MR) is 62.5 cm³/mol. The summed E-state index contributed by atoms with van der Waals surface area (Å²) in [5.74, 6) is 1.37. The van der Waals surface area contributed by atoms with Gasteiger partial charge in [0.15, 0.2) is 0 Å². The predicted octanol–water partition coefficient (Wildman–Crippen LogP) is 3.05. The van der Waals surface area contributed by atoms with Crippen LogP contribution < -0.4 is 5.32 Å². The molecule has 0 spiro atoms. The van der Waals surface area contributed by atoms with Gasteiger partial charge in [-0.3, -0.25) is 0 Å². The zero-order valence-corrected chi connectivity index (χ0v) is 9.83. The molecule has 2 heteroatoms. The van der Waals surface area contributed by atoms with Crippen LogP contribution in [0.2, 0.25) is 0 Å². The summed E-state index contributed by atoms with van der Waals surface area (Å²) in [6.07, 6.45) is 6.85. The van der Waals surface area contributed by atoms with E-state index in [2.05, 4.69) is 30.9 Å². The average molecular weight is 201 g/mol. The molecule has 1 aliphatic rings. The van der Waals surface area contributed by atoms with Crippen LogP contribution >= 0.6 is 11.8 Å². The van der Waals surface area contributed by atoms with Gasteiger partial charge in [0.05, 0.1) is 0 Å². The molecule has 1 rings (SSSR count). The van der Waals surface area contributed by atoms with Crippen molar-refractivity contribution < 1.29 is 0 Å². The van der Waals surface area contributed by atoms with E-state index in [0.717, 1.165) is 11.3 Å². The van der Waals surface area contributed by atoms with Crippen LogP contribution in [-0.4, -0.2) is 23.6 Å². The van der Waals surface area contributed by atoms with Crippen LogP contribution in [0.5, 0.6) is 0 Å². The highest BCUT2D eigenvalue weighted by Crippen LogP contribution is 2.24. The molecule has 78 valence electrons. The monoisotopic (exact) mass is 201 g/mol. The zero-order valence-electron chi connectivity index (χ0n) is 9.01. The lowest BCUT2D eigenvalue weighted by Crippen LogP contribution is -2.39. The van der Waals surface area contributed by atoms with Crippen molar-refractivity contribution in [3.8, 4) is 0 Å². The van der Waals surface area contributed by atoms with Gasteiger partial charge in [-0.25, -0.2) is 0 Å². The second-order valence-corrected chi connectivity index (χ2v) is 5.47. The maximum absolute atomic E-state index is 3.69. The molecule has 1 N–H and O–H groups in total. The first-order chi connectivity index (χ1) is 6.34. The molecule has 0 radical (unpaired) electrons. The first kappa shape index (κ1) is 11.4. The highest BCUT2D eigenvalue weighted by molar-refractivity contribution is 7.99. The third-order valence-corrected chi connectivity index (χ3v) is 4.17. The van der Waals surface area contributed by atoms with Gasteiger partial charge in [-0.1, -0.05) is 26.7 Å². The van der Waals surface area contributed by atoms with Gasteiger partial charge in [0.2, 0.25) is 0 Å². The minimum absolute atomic E-state index is 0.788. The van der Waals surface area contributed by atoms with Crippen molar-refractivity contribution in [1.82, 2.24) is 5.32 Å². The summed E-state index contributed by atoms with van der Waals surface area (Å²) in [7, 11) is 0. The number of rotatable bonds is 5. The summed E-state index contributed by atoms with van der Waals surface area (Å²) in [6, 6.07) is 0.788. The summed E-state index contributed by atoms with van der Waals surface area (Å²) >= 11 is 2.13. The van der Waals surface area contributed by atoms with Crippen LogP contribution in [0.15, 0.2) is 0 Å². The molecule has 0 aromatic carbocycles. The van der Waals surface area contributed by atoms with Crippen LogP contribution in [0, 0.1) is 0 Å². The largest absolute Gasteiger partial charge is 0.313 e. The fourth-order valence-corrected chi connectivity index (χ4v) is 3.02. The average Bonchev–Trinajstić information content (AvgIpc) is 2.15. The van der Waals surface area contributed by atoms with E-state index in [0.29, 0.717) is 0 Å². The number of hydrogen-bond donors (Lipinski definition) is 1. The van der Waals surface area contributed by atoms with Gasteiger partial charge in [0.1, 0.15) is 0 Å². The van der Waals surface area contributed by atoms with E-state index >= 15 is 0 Å². The highest BCUT2D eigenvalue weighted by atomic mass is 32.2. The van der Waals surface area contributed by atoms with E-state index in [-0.39, 0.29) is 0 Å². The molecule has 1 fully saturated rings. The molecule has 2 atom stereocenters. The van der Waals surface area contributed by atoms with Crippen LogP contribution in [0.4, 0.5) is 0 Å². The first-order valence-electron chi connectivity index (χ1n) is 5.69.